The van der Waals surface area contributed by atoms with Gasteiger partial charge in [0.2, 0.25) is 10.0 Å². The van der Waals surface area contributed by atoms with Crippen molar-refractivity contribution in [2.45, 2.75) is 57.5 Å². The molecule has 0 unspecified atom stereocenters. The van der Waals surface area contributed by atoms with Crippen LogP contribution in [0.4, 0.5) is 0 Å². The first kappa shape index (κ1) is 17.7. The van der Waals surface area contributed by atoms with Gasteiger partial charge in [-0.25, -0.2) is 13.1 Å². The largest absolute Gasteiger partial charge is 0.347 e. The Labute approximate surface area is 127 Å². The van der Waals surface area contributed by atoms with Crippen molar-refractivity contribution in [3.8, 4) is 0 Å². The molecule has 0 aliphatic rings. The molecule has 0 bridgehead atoms. The van der Waals surface area contributed by atoms with Gasteiger partial charge in [0, 0.05) is 16.6 Å². The lowest BCUT2D eigenvalue weighted by Gasteiger charge is -2.21. The van der Waals surface area contributed by atoms with E-state index in [0.29, 0.717) is 5.56 Å². The normalized spacial score (nSPS) is 13.0. The number of carbonyl (C=O) groups excluding carboxylic acids is 1. The molecule has 1 aromatic rings. The first-order valence-electron chi connectivity index (χ1n) is 6.77. The highest BCUT2D eigenvalue weighted by Gasteiger charge is 2.22. The number of carbonyl (C=O) groups is 1. The zero-order valence-electron chi connectivity index (χ0n) is 13.4. The first-order chi connectivity index (χ1) is 9.30. The second kappa shape index (κ2) is 5.77. The van der Waals surface area contributed by atoms with Gasteiger partial charge in [-0.05, 0) is 65.8 Å². The summed E-state index contributed by atoms with van der Waals surface area (Å²) in [4.78, 5) is 12.1. The Morgan fingerprint density at radius 2 is 1.38 bits per heavy atom. The summed E-state index contributed by atoms with van der Waals surface area (Å²) in [6, 6.07) is 5.90. The molecule has 5 nitrogen and oxygen atoms in total. The highest BCUT2D eigenvalue weighted by Crippen LogP contribution is 2.14. The van der Waals surface area contributed by atoms with Crippen LogP contribution in [-0.2, 0) is 10.0 Å². The highest BCUT2D eigenvalue weighted by molar-refractivity contribution is 7.89. The van der Waals surface area contributed by atoms with E-state index in [4.69, 9.17) is 0 Å². The maximum absolute atomic E-state index is 12.1. The van der Waals surface area contributed by atoms with Gasteiger partial charge < -0.3 is 5.32 Å². The van der Waals surface area contributed by atoms with E-state index >= 15 is 0 Å². The van der Waals surface area contributed by atoms with Crippen molar-refractivity contribution in [1.29, 1.82) is 0 Å². The van der Waals surface area contributed by atoms with Crippen molar-refractivity contribution in [2.24, 2.45) is 0 Å². The minimum Gasteiger partial charge on any atom is -0.347 e. The summed E-state index contributed by atoms with van der Waals surface area (Å²) in [6.07, 6.45) is 0. The van der Waals surface area contributed by atoms with E-state index in [2.05, 4.69) is 10.0 Å². The van der Waals surface area contributed by atoms with Crippen LogP contribution in [0, 0.1) is 0 Å². The summed E-state index contributed by atoms with van der Waals surface area (Å²) < 4.78 is 26.9. The van der Waals surface area contributed by atoms with Gasteiger partial charge >= 0.3 is 0 Å². The Hall–Kier alpha value is -1.40. The number of hydrogen-bond donors (Lipinski definition) is 2. The molecule has 21 heavy (non-hydrogen) atoms. The molecule has 0 fully saturated rings. The van der Waals surface area contributed by atoms with Crippen LogP contribution in [-0.4, -0.2) is 25.4 Å². The summed E-state index contributed by atoms with van der Waals surface area (Å²) in [5.74, 6) is -0.227. The molecule has 1 rings (SSSR count). The zero-order valence-corrected chi connectivity index (χ0v) is 14.3. The van der Waals surface area contributed by atoms with Crippen LogP contribution in [0.15, 0.2) is 29.2 Å². The number of amides is 1. The molecule has 6 heteroatoms. The smallest absolute Gasteiger partial charge is 0.251 e. The van der Waals surface area contributed by atoms with Crippen molar-refractivity contribution >= 4 is 15.9 Å². The molecule has 0 aliphatic heterocycles. The fraction of sp³-hybridized carbons (Fsp3) is 0.533. The van der Waals surface area contributed by atoms with Gasteiger partial charge in [-0.2, -0.15) is 0 Å². The summed E-state index contributed by atoms with van der Waals surface area (Å²) in [5.41, 5.74) is -0.462. The number of benzene rings is 1. The average Bonchev–Trinajstić information content (AvgIpc) is 2.23. The molecule has 118 valence electrons. The quantitative estimate of drug-likeness (QED) is 0.899. The van der Waals surface area contributed by atoms with Crippen molar-refractivity contribution in [3.63, 3.8) is 0 Å². The third-order valence-electron chi connectivity index (χ3n) is 2.36. The predicted octanol–water partition coefficient (Wildman–Crippen LogP) is 2.29. The van der Waals surface area contributed by atoms with Crippen LogP contribution >= 0.6 is 0 Å². The molecule has 0 saturated heterocycles. The second-order valence-electron chi connectivity index (χ2n) is 7.08. The lowest BCUT2D eigenvalue weighted by Crippen LogP contribution is -2.41. The Kier molecular flexibility index (Phi) is 4.85. The Morgan fingerprint density at radius 3 is 1.76 bits per heavy atom. The molecule has 0 heterocycles. The maximum Gasteiger partial charge on any atom is 0.251 e. The molecule has 2 N–H and O–H groups in total. The van der Waals surface area contributed by atoms with Gasteiger partial charge in [0.15, 0.2) is 0 Å². The molecular formula is C15H24N2O3S. The van der Waals surface area contributed by atoms with Gasteiger partial charge in [-0.1, -0.05) is 0 Å². The second-order valence-corrected chi connectivity index (χ2v) is 8.77. The van der Waals surface area contributed by atoms with Crippen LogP contribution in [0.3, 0.4) is 0 Å². The third kappa shape index (κ3) is 5.85. The number of nitrogens with one attached hydrogen (secondary N) is 2. The first-order valence-corrected chi connectivity index (χ1v) is 8.25. The maximum atomic E-state index is 12.1. The molecule has 0 radical (unpaired) electrons. The van der Waals surface area contributed by atoms with Gasteiger partial charge in [0.05, 0.1) is 4.90 Å². The SMILES string of the molecule is CC(C)(C)NC(=O)c1ccc(S(=O)(=O)NC(C)(C)C)cc1. The Balaban J connectivity index is 2.96. The fourth-order valence-corrected chi connectivity index (χ4v) is 3.08. The van der Waals surface area contributed by atoms with E-state index in [9.17, 15) is 13.2 Å². The molecule has 0 aliphatic carbocycles. The van der Waals surface area contributed by atoms with Crippen LogP contribution in [0.2, 0.25) is 0 Å². The van der Waals surface area contributed by atoms with E-state index in [1.807, 2.05) is 20.8 Å². The van der Waals surface area contributed by atoms with Crippen molar-refractivity contribution in [3.05, 3.63) is 29.8 Å². The molecule has 1 aromatic carbocycles. The highest BCUT2D eigenvalue weighted by atomic mass is 32.2. The topological polar surface area (TPSA) is 75.3 Å². The van der Waals surface area contributed by atoms with Crippen molar-refractivity contribution in [2.75, 3.05) is 0 Å². The fourth-order valence-electron chi connectivity index (χ4n) is 1.66. The molecule has 0 atom stereocenters. The van der Waals surface area contributed by atoms with Gasteiger partial charge in [0.25, 0.3) is 5.91 Å². The van der Waals surface area contributed by atoms with Gasteiger partial charge in [-0.3, -0.25) is 4.79 Å². The molecule has 0 aromatic heterocycles. The van der Waals surface area contributed by atoms with Crippen LogP contribution in [0.25, 0.3) is 0 Å². The zero-order chi connectivity index (χ0) is 16.5. The van der Waals surface area contributed by atoms with E-state index in [0.717, 1.165) is 0 Å². The van der Waals surface area contributed by atoms with E-state index in [1.54, 1.807) is 20.8 Å². The summed E-state index contributed by atoms with van der Waals surface area (Å²) >= 11 is 0. The number of rotatable bonds is 3. The lowest BCUT2D eigenvalue weighted by atomic mass is 10.1. The third-order valence-corrected chi connectivity index (χ3v) is 4.13. The van der Waals surface area contributed by atoms with Gasteiger partial charge in [0.1, 0.15) is 0 Å². The summed E-state index contributed by atoms with van der Waals surface area (Å²) in [5, 5.41) is 2.83. The van der Waals surface area contributed by atoms with Crippen molar-refractivity contribution < 1.29 is 13.2 Å². The van der Waals surface area contributed by atoms with Crippen LogP contribution in [0.1, 0.15) is 51.9 Å². The Morgan fingerprint density at radius 1 is 0.905 bits per heavy atom. The minimum atomic E-state index is -3.58. The summed E-state index contributed by atoms with van der Waals surface area (Å²) in [6.45, 7) is 11.0. The Bertz CT molecular complexity index is 606. The molecule has 1 amide bonds. The van der Waals surface area contributed by atoms with Gasteiger partial charge in [-0.15, -0.1) is 0 Å². The average molecular weight is 312 g/mol. The number of hydrogen-bond acceptors (Lipinski definition) is 3. The van der Waals surface area contributed by atoms with E-state index in [-0.39, 0.29) is 16.3 Å². The number of sulfonamides is 1. The molecule has 0 spiro atoms. The monoisotopic (exact) mass is 312 g/mol. The minimum absolute atomic E-state index is 0.143. The predicted molar refractivity (Wildman–Crippen MR) is 83.7 cm³/mol. The summed E-state index contributed by atoms with van der Waals surface area (Å²) in [7, 11) is -3.58. The lowest BCUT2D eigenvalue weighted by molar-refractivity contribution is 0.0919. The molecular weight excluding hydrogens is 288 g/mol. The standard InChI is InChI=1S/C15H24N2O3S/c1-14(2,3)16-13(18)11-7-9-12(10-8-11)21(19,20)17-15(4,5)6/h7-10,17H,1-6H3,(H,16,18). The van der Waals surface area contributed by atoms with Crippen LogP contribution < -0.4 is 10.0 Å². The van der Waals surface area contributed by atoms with Crippen molar-refractivity contribution in [1.82, 2.24) is 10.0 Å². The van der Waals surface area contributed by atoms with Crippen LogP contribution in [0.5, 0.6) is 0 Å². The van der Waals surface area contributed by atoms with E-state index < -0.39 is 15.6 Å². The molecule has 0 saturated carbocycles. The van der Waals surface area contributed by atoms with E-state index in [1.165, 1.54) is 24.3 Å².